The lowest BCUT2D eigenvalue weighted by Crippen LogP contribution is -2.11. The molecule has 0 fully saturated rings. The second kappa shape index (κ2) is 5.63. The van der Waals surface area contributed by atoms with Crippen molar-refractivity contribution in [3.05, 3.63) is 58.4 Å². The van der Waals surface area contributed by atoms with Gasteiger partial charge in [0.1, 0.15) is 0 Å². The van der Waals surface area contributed by atoms with Gasteiger partial charge in [-0.05, 0) is 31.5 Å². The summed E-state index contributed by atoms with van der Waals surface area (Å²) in [6.45, 7) is 3.48. The standard InChI is InChI=1S/C15H13F3N2O/c1-3-13-12(7-9(2)19-20-13)14(21)10-5-4-6-11(8-10)15(16,17)18/h4-8H,3H2,1-2H3. The first-order valence-electron chi connectivity index (χ1n) is 6.38. The maximum Gasteiger partial charge on any atom is 0.416 e. The first kappa shape index (κ1) is 15.2. The molecule has 0 atom stereocenters. The summed E-state index contributed by atoms with van der Waals surface area (Å²) in [7, 11) is 0. The molecule has 1 heterocycles. The van der Waals surface area contributed by atoms with Gasteiger partial charge in [0.25, 0.3) is 0 Å². The second-order valence-electron chi connectivity index (χ2n) is 4.61. The second-order valence-corrected chi connectivity index (χ2v) is 4.61. The fourth-order valence-corrected chi connectivity index (χ4v) is 1.96. The van der Waals surface area contributed by atoms with E-state index in [2.05, 4.69) is 10.2 Å². The highest BCUT2D eigenvalue weighted by molar-refractivity contribution is 6.09. The number of aromatic nitrogens is 2. The molecule has 0 spiro atoms. The zero-order valence-electron chi connectivity index (χ0n) is 11.5. The molecule has 21 heavy (non-hydrogen) atoms. The topological polar surface area (TPSA) is 42.9 Å². The normalized spacial score (nSPS) is 11.5. The molecule has 0 bridgehead atoms. The van der Waals surface area contributed by atoms with Crippen LogP contribution < -0.4 is 0 Å². The van der Waals surface area contributed by atoms with Crippen LogP contribution in [0, 0.1) is 6.92 Å². The molecule has 3 nitrogen and oxygen atoms in total. The summed E-state index contributed by atoms with van der Waals surface area (Å²) in [6, 6.07) is 5.94. The van der Waals surface area contributed by atoms with Crippen LogP contribution in [-0.2, 0) is 12.6 Å². The first-order valence-corrected chi connectivity index (χ1v) is 6.38. The van der Waals surface area contributed by atoms with Gasteiger partial charge in [0, 0.05) is 11.1 Å². The van der Waals surface area contributed by atoms with Crippen LogP contribution in [0.15, 0.2) is 30.3 Å². The minimum absolute atomic E-state index is 0.00748. The Balaban J connectivity index is 2.48. The van der Waals surface area contributed by atoms with Crippen molar-refractivity contribution in [3.63, 3.8) is 0 Å². The van der Waals surface area contributed by atoms with Crippen molar-refractivity contribution in [1.29, 1.82) is 0 Å². The fraction of sp³-hybridized carbons (Fsp3) is 0.267. The SMILES string of the molecule is CCc1nnc(C)cc1C(=O)c1cccc(C(F)(F)F)c1. The van der Waals surface area contributed by atoms with Gasteiger partial charge in [0.15, 0.2) is 5.78 Å². The molecule has 6 heteroatoms. The van der Waals surface area contributed by atoms with Crippen LogP contribution in [0.5, 0.6) is 0 Å². The van der Waals surface area contributed by atoms with Crippen LogP contribution >= 0.6 is 0 Å². The van der Waals surface area contributed by atoms with E-state index < -0.39 is 17.5 Å². The fourth-order valence-electron chi connectivity index (χ4n) is 1.96. The number of nitrogens with zero attached hydrogens (tertiary/aromatic N) is 2. The average Bonchev–Trinajstić information content (AvgIpc) is 2.45. The molecule has 0 radical (unpaired) electrons. The maximum atomic E-state index is 12.7. The quantitative estimate of drug-likeness (QED) is 0.812. The predicted molar refractivity (Wildman–Crippen MR) is 71.0 cm³/mol. The van der Waals surface area contributed by atoms with E-state index in [1.165, 1.54) is 12.1 Å². The molecular weight excluding hydrogens is 281 g/mol. The zero-order chi connectivity index (χ0) is 15.6. The highest BCUT2D eigenvalue weighted by Crippen LogP contribution is 2.30. The van der Waals surface area contributed by atoms with Crippen molar-refractivity contribution in [2.24, 2.45) is 0 Å². The smallest absolute Gasteiger partial charge is 0.289 e. The highest BCUT2D eigenvalue weighted by atomic mass is 19.4. The van der Waals surface area contributed by atoms with Crippen LogP contribution in [0.1, 0.15) is 39.8 Å². The Morgan fingerprint density at radius 3 is 2.52 bits per heavy atom. The molecule has 2 rings (SSSR count). The molecule has 0 aliphatic rings. The number of aryl methyl sites for hydroxylation is 2. The van der Waals surface area contributed by atoms with Crippen molar-refractivity contribution in [3.8, 4) is 0 Å². The number of carbonyl (C=O) groups is 1. The summed E-state index contributed by atoms with van der Waals surface area (Å²) in [5.41, 5.74) is 0.465. The van der Waals surface area contributed by atoms with Crippen molar-refractivity contribution in [1.82, 2.24) is 10.2 Å². The summed E-state index contributed by atoms with van der Waals surface area (Å²) in [5.74, 6) is -0.476. The summed E-state index contributed by atoms with van der Waals surface area (Å²) in [5, 5.41) is 7.78. The molecule has 0 saturated heterocycles. The number of carbonyl (C=O) groups excluding carboxylic acids is 1. The van der Waals surface area contributed by atoms with Crippen molar-refractivity contribution in [2.45, 2.75) is 26.4 Å². The number of halogens is 3. The van der Waals surface area contributed by atoms with Crippen LogP contribution in [-0.4, -0.2) is 16.0 Å². The molecule has 0 aliphatic carbocycles. The van der Waals surface area contributed by atoms with E-state index in [0.717, 1.165) is 12.1 Å². The van der Waals surface area contributed by atoms with E-state index >= 15 is 0 Å². The summed E-state index contributed by atoms with van der Waals surface area (Å²) >= 11 is 0. The van der Waals surface area contributed by atoms with Gasteiger partial charge in [-0.15, -0.1) is 0 Å². The summed E-state index contributed by atoms with van der Waals surface area (Å²) < 4.78 is 38.1. The summed E-state index contributed by atoms with van der Waals surface area (Å²) in [6.07, 6.45) is -4.00. The Morgan fingerprint density at radius 1 is 1.19 bits per heavy atom. The number of benzene rings is 1. The van der Waals surface area contributed by atoms with Gasteiger partial charge in [-0.2, -0.15) is 23.4 Å². The van der Waals surface area contributed by atoms with Crippen LogP contribution in [0.3, 0.4) is 0 Å². The number of rotatable bonds is 3. The number of hydrogen-bond acceptors (Lipinski definition) is 3. The largest absolute Gasteiger partial charge is 0.416 e. The van der Waals surface area contributed by atoms with E-state index in [4.69, 9.17) is 0 Å². The van der Waals surface area contributed by atoms with Crippen molar-refractivity contribution in [2.75, 3.05) is 0 Å². The Hall–Kier alpha value is -2.24. The Kier molecular flexibility index (Phi) is 4.06. The summed E-state index contributed by atoms with van der Waals surface area (Å²) in [4.78, 5) is 12.4. The van der Waals surface area contributed by atoms with Crippen LogP contribution in [0.2, 0.25) is 0 Å². The molecule has 2 aromatic rings. The van der Waals surface area contributed by atoms with Crippen molar-refractivity contribution < 1.29 is 18.0 Å². The third-order valence-corrected chi connectivity index (χ3v) is 3.02. The zero-order valence-corrected chi connectivity index (χ0v) is 11.5. The molecule has 0 amide bonds. The third kappa shape index (κ3) is 3.26. The Morgan fingerprint density at radius 2 is 1.90 bits per heavy atom. The molecular formula is C15H13F3N2O. The van der Waals surface area contributed by atoms with E-state index in [1.807, 2.05) is 6.92 Å². The average molecular weight is 294 g/mol. The van der Waals surface area contributed by atoms with Crippen molar-refractivity contribution >= 4 is 5.78 Å². The van der Waals surface area contributed by atoms with Crippen LogP contribution in [0.25, 0.3) is 0 Å². The Bertz CT molecular complexity index is 681. The van der Waals surface area contributed by atoms with Gasteiger partial charge in [-0.3, -0.25) is 4.79 Å². The first-order chi connectivity index (χ1) is 9.82. The maximum absolute atomic E-state index is 12.7. The molecule has 1 aromatic carbocycles. The highest BCUT2D eigenvalue weighted by Gasteiger charge is 2.31. The molecule has 0 unspecified atom stereocenters. The van der Waals surface area contributed by atoms with E-state index in [1.54, 1.807) is 13.0 Å². The van der Waals surface area contributed by atoms with E-state index in [-0.39, 0.29) is 5.56 Å². The van der Waals surface area contributed by atoms with Gasteiger partial charge in [0.05, 0.1) is 17.0 Å². The minimum Gasteiger partial charge on any atom is -0.289 e. The van der Waals surface area contributed by atoms with Gasteiger partial charge in [-0.25, -0.2) is 0 Å². The van der Waals surface area contributed by atoms with Crippen LogP contribution in [0.4, 0.5) is 13.2 Å². The van der Waals surface area contributed by atoms with Gasteiger partial charge >= 0.3 is 6.18 Å². The van der Waals surface area contributed by atoms with E-state index in [0.29, 0.717) is 23.4 Å². The van der Waals surface area contributed by atoms with Gasteiger partial charge < -0.3 is 0 Å². The van der Waals surface area contributed by atoms with Gasteiger partial charge in [0.2, 0.25) is 0 Å². The molecule has 0 N–H and O–H groups in total. The third-order valence-electron chi connectivity index (χ3n) is 3.02. The lowest BCUT2D eigenvalue weighted by molar-refractivity contribution is -0.137. The molecule has 0 saturated carbocycles. The lowest BCUT2D eigenvalue weighted by Gasteiger charge is -2.10. The number of hydrogen-bond donors (Lipinski definition) is 0. The monoisotopic (exact) mass is 294 g/mol. The predicted octanol–water partition coefficient (Wildman–Crippen LogP) is 3.60. The lowest BCUT2D eigenvalue weighted by atomic mass is 9.99. The number of ketones is 1. The number of alkyl halides is 3. The molecule has 0 aliphatic heterocycles. The Labute approximate surface area is 119 Å². The van der Waals surface area contributed by atoms with Gasteiger partial charge in [-0.1, -0.05) is 19.1 Å². The van der Waals surface area contributed by atoms with E-state index in [9.17, 15) is 18.0 Å². The molecule has 110 valence electrons. The minimum atomic E-state index is -4.48. The molecule has 1 aromatic heterocycles.